The van der Waals surface area contributed by atoms with Crippen LogP contribution in [0.15, 0.2) is 42.5 Å². The summed E-state index contributed by atoms with van der Waals surface area (Å²) in [6, 6.07) is 10.9. The summed E-state index contributed by atoms with van der Waals surface area (Å²) in [5, 5.41) is 0. The molecular formula is C16H18FNO3. The fraction of sp³-hybridized carbons (Fsp3) is 0.250. The Balaban J connectivity index is 2.07. The first-order chi connectivity index (χ1) is 10.1. The summed E-state index contributed by atoms with van der Waals surface area (Å²) < 4.78 is 29.0. The van der Waals surface area contributed by atoms with E-state index in [4.69, 9.17) is 19.9 Å². The second kappa shape index (κ2) is 6.95. The lowest BCUT2D eigenvalue weighted by Gasteiger charge is -2.17. The van der Waals surface area contributed by atoms with E-state index < -0.39 is 6.04 Å². The van der Waals surface area contributed by atoms with E-state index in [-0.39, 0.29) is 12.4 Å². The minimum Gasteiger partial charge on any atom is -0.497 e. The van der Waals surface area contributed by atoms with Gasteiger partial charge in [-0.2, -0.15) is 0 Å². The van der Waals surface area contributed by atoms with E-state index in [1.54, 1.807) is 38.5 Å². The maximum absolute atomic E-state index is 13.1. The molecule has 0 radical (unpaired) electrons. The zero-order valence-electron chi connectivity index (χ0n) is 12.0. The van der Waals surface area contributed by atoms with E-state index in [0.717, 1.165) is 5.56 Å². The van der Waals surface area contributed by atoms with Crippen molar-refractivity contribution in [1.29, 1.82) is 0 Å². The molecule has 0 aromatic heterocycles. The highest BCUT2D eigenvalue weighted by atomic mass is 19.1. The van der Waals surface area contributed by atoms with Crippen molar-refractivity contribution < 1.29 is 18.6 Å². The van der Waals surface area contributed by atoms with Crippen LogP contribution in [-0.2, 0) is 0 Å². The molecule has 1 atom stereocenters. The van der Waals surface area contributed by atoms with Crippen molar-refractivity contribution in [1.82, 2.24) is 0 Å². The Morgan fingerprint density at radius 1 is 1.05 bits per heavy atom. The van der Waals surface area contributed by atoms with Gasteiger partial charge in [0.2, 0.25) is 0 Å². The Morgan fingerprint density at radius 2 is 1.86 bits per heavy atom. The summed E-state index contributed by atoms with van der Waals surface area (Å²) in [6.45, 7) is 0.214. The molecule has 0 aliphatic heterocycles. The molecular weight excluding hydrogens is 273 g/mol. The highest BCUT2D eigenvalue weighted by molar-refractivity contribution is 5.42. The van der Waals surface area contributed by atoms with Crippen molar-refractivity contribution in [2.75, 3.05) is 20.8 Å². The van der Waals surface area contributed by atoms with Crippen LogP contribution in [0.25, 0.3) is 0 Å². The first-order valence-corrected chi connectivity index (χ1v) is 6.50. The van der Waals surface area contributed by atoms with Gasteiger partial charge in [0.25, 0.3) is 0 Å². The molecule has 2 aromatic rings. The van der Waals surface area contributed by atoms with Crippen LogP contribution in [0.1, 0.15) is 11.6 Å². The monoisotopic (exact) mass is 291 g/mol. The molecule has 0 aliphatic rings. The Hall–Kier alpha value is -2.27. The molecule has 4 nitrogen and oxygen atoms in total. The second-order valence-corrected chi connectivity index (χ2v) is 4.48. The summed E-state index contributed by atoms with van der Waals surface area (Å²) in [5.41, 5.74) is 6.91. The van der Waals surface area contributed by atoms with Crippen LogP contribution in [-0.4, -0.2) is 20.8 Å². The molecule has 112 valence electrons. The van der Waals surface area contributed by atoms with Crippen LogP contribution in [0.3, 0.4) is 0 Å². The fourth-order valence-corrected chi connectivity index (χ4v) is 1.96. The Labute approximate surface area is 123 Å². The lowest BCUT2D eigenvalue weighted by molar-refractivity contribution is 0.285. The molecule has 2 aromatic carbocycles. The molecule has 0 aliphatic carbocycles. The molecule has 21 heavy (non-hydrogen) atoms. The SMILES string of the molecule is COc1ccc(C(N)COc2cccc(F)c2)c(OC)c1. The maximum atomic E-state index is 13.1. The minimum absolute atomic E-state index is 0.214. The lowest BCUT2D eigenvalue weighted by Crippen LogP contribution is -2.19. The van der Waals surface area contributed by atoms with Gasteiger partial charge in [-0.1, -0.05) is 6.07 Å². The largest absolute Gasteiger partial charge is 0.497 e. The summed E-state index contributed by atoms with van der Waals surface area (Å²) in [4.78, 5) is 0. The molecule has 0 spiro atoms. The van der Waals surface area contributed by atoms with Gasteiger partial charge in [-0.05, 0) is 24.3 Å². The van der Waals surface area contributed by atoms with Crippen LogP contribution in [0, 0.1) is 5.82 Å². The number of ether oxygens (including phenoxy) is 3. The quantitative estimate of drug-likeness (QED) is 0.889. The number of nitrogens with two attached hydrogens (primary N) is 1. The Kier molecular flexibility index (Phi) is 5.00. The third-order valence-electron chi connectivity index (χ3n) is 3.07. The highest BCUT2D eigenvalue weighted by Crippen LogP contribution is 2.28. The average Bonchev–Trinajstić information content (AvgIpc) is 2.52. The molecule has 5 heteroatoms. The van der Waals surface area contributed by atoms with Gasteiger partial charge >= 0.3 is 0 Å². The van der Waals surface area contributed by atoms with Crippen molar-refractivity contribution in [3.8, 4) is 17.2 Å². The van der Waals surface area contributed by atoms with E-state index in [1.807, 2.05) is 6.07 Å². The van der Waals surface area contributed by atoms with Crippen molar-refractivity contribution in [3.63, 3.8) is 0 Å². The van der Waals surface area contributed by atoms with E-state index in [1.165, 1.54) is 12.1 Å². The number of hydrogen-bond donors (Lipinski definition) is 1. The predicted molar refractivity (Wildman–Crippen MR) is 78.4 cm³/mol. The highest BCUT2D eigenvalue weighted by Gasteiger charge is 2.14. The summed E-state index contributed by atoms with van der Waals surface area (Å²) >= 11 is 0. The molecule has 0 heterocycles. The van der Waals surface area contributed by atoms with Crippen LogP contribution >= 0.6 is 0 Å². The van der Waals surface area contributed by atoms with Crippen molar-refractivity contribution in [2.24, 2.45) is 5.73 Å². The van der Waals surface area contributed by atoms with E-state index in [9.17, 15) is 4.39 Å². The molecule has 0 bridgehead atoms. The van der Waals surface area contributed by atoms with Gasteiger partial charge in [-0.3, -0.25) is 0 Å². The summed E-state index contributed by atoms with van der Waals surface area (Å²) in [7, 11) is 3.15. The molecule has 1 unspecified atom stereocenters. The van der Waals surface area contributed by atoms with Gasteiger partial charge in [0, 0.05) is 17.7 Å². The first kappa shape index (κ1) is 15.1. The Bertz CT molecular complexity index is 604. The topological polar surface area (TPSA) is 53.7 Å². The maximum Gasteiger partial charge on any atom is 0.127 e. The van der Waals surface area contributed by atoms with Gasteiger partial charge < -0.3 is 19.9 Å². The van der Waals surface area contributed by atoms with E-state index in [2.05, 4.69) is 0 Å². The number of halogens is 1. The zero-order valence-corrected chi connectivity index (χ0v) is 12.0. The first-order valence-electron chi connectivity index (χ1n) is 6.50. The molecule has 0 saturated carbocycles. The molecule has 0 saturated heterocycles. The number of benzene rings is 2. The predicted octanol–water partition coefficient (Wildman–Crippen LogP) is 2.92. The van der Waals surface area contributed by atoms with Crippen LogP contribution < -0.4 is 19.9 Å². The molecule has 0 fully saturated rings. The van der Waals surface area contributed by atoms with Gasteiger partial charge in [0.05, 0.1) is 20.3 Å². The molecule has 2 N–H and O–H groups in total. The standard InChI is InChI=1S/C16H18FNO3/c1-19-12-6-7-14(16(9-12)20-2)15(18)10-21-13-5-3-4-11(17)8-13/h3-9,15H,10,18H2,1-2H3. The number of hydrogen-bond acceptors (Lipinski definition) is 4. The summed E-state index contributed by atoms with van der Waals surface area (Å²) in [6.07, 6.45) is 0. The van der Waals surface area contributed by atoms with E-state index >= 15 is 0 Å². The van der Waals surface area contributed by atoms with Gasteiger partial charge in [0.1, 0.15) is 29.7 Å². The van der Waals surface area contributed by atoms with Gasteiger partial charge in [-0.15, -0.1) is 0 Å². The fourth-order valence-electron chi connectivity index (χ4n) is 1.96. The lowest BCUT2D eigenvalue weighted by atomic mass is 10.1. The smallest absolute Gasteiger partial charge is 0.127 e. The van der Waals surface area contributed by atoms with E-state index in [0.29, 0.717) is 17.2 Å². The number of methoxy groups -OCH3 is 2. The molecule has 0 amide bonds. The second-order valence-electron chi connectivity index (χ2n) is 4.48. The summed E-state index contributed by atoms with van der Waals surface area (Å²) in [5.74, 6) is 1.42. The van der Waals surface area contributed by atoms with Crippen LogP contribution in [0.2, 0.25) is 0 Å². The van der Waals surface area contributed by atoms with Crippen LogP contribution in [0.4, 0.5) is 4.39 Å². The van der Waals surface area contributed by atoms with Crippen molar-refractivity contribution in [3.05, 3.63) is 53.8 Å². The average molecular weight is 291 g/mol. The zero-order chi connectivity index (χ0) is 15.2. The normalized spacial score (nSPS) is 11.8. The van der Waals surface area contributed by atoms with Crippen molar-refractivity contribution >= 4 is 0 Å². The number of rotatable bonds is 6. The van der Waals surface area contributed by atoms with Crippen molar-refractivity contribution in [2.45, 2.75) is 6.04 Å². The van der Waals surface area contributed by atoms with Gasteiger partial charge in [-0.25, -0.2) is 4.39 Å². The molecule has 2 rings (SSSR count). The Morgan fingerprint density at radius 3 is 2.52 bits per heavy atom. The third kappa shape index (κ3) is 3.86. The van der Waals surface area contributed by atoms with Crippen LogP contribution in [0.5, 0.6) is 17.2 Å². The third-order valence-corrected chi connectivity index (χ3v) is 3.07. The minimum atomic E-state index is -0.394. The van der Waals surface area contributed by atoms with Gasteiger partial charge in [0.15, 0.2) is 0 Å².